The van der Waals surface area contributed by atoms with Crippen LogP contribution in [0.1, 0.15) is 76.2 Å². The van der Waals surface area contributed by atoms with Crippen LogP contribution >= 0.6 is 0 Å². The monoisotopic (exact) mass is 462 g/mol. The van der Waals surface area contributed by atoms with Gasteiger partial charge in [-0.3, -0.25) is 0 Å². The van der Waals surface area contributed by atoms with Crippen molar-refractivity contribution >= 4 is 8.80 Å². The van der Waals surface area contributed by atoms with Crippen LogP contribution in [0.3, 0.4) is 0 Å². The third-order valence-electron chi connectivity index (χ3n) is 7.37. The maximum Gasteiger partial charge on any atom is 0.422 e. The minimum atomic E-state index is -4.63. The van der Waals surface area contributed by atoms with Crippen molar-refractivity contribution in [2.45, 2.75) is 94.9 Å². The molecule has 0 amide bonds. The van der Waals surface area contributed by atoms with Crippen LogP contribution in [-0.4, -0.2) is 21.6 Å². The molecule has 2 aliphatic rings. The Hall–Kier alpha value is -1.11. The average Bonchev–Trinajstić information content (AvgIpc) is 2.72. The average molecular weight is 463 g/mol. The summed E-state index contributed by atoms with van der Waals surface area (Å²) in [6.07, 6.45) is 6.00. The van der Waals surface area contributed by atoms with Gasteiger partial charge in [0, 0.05) is 8.80 Å². The molecule has 31 heavy (non-hydrogen) atoms. The third-order valence-corrected chi connectivity index (χ3v) is 11.1. The van der Waals surface area contributed by atoms with Gasteiger partial charge in [0.15, 0.2) is 24.0 Å². The summed E-state index contributed by atoms with van der Waals surface area (Å²) >= 11 is 0. The predicted molar refractivity (Wildman–Crippen MR) is 116 cm³/mol. The number of halogens is 5. The number of benzene rings is 1. The standard InChI is InChI=1S/C24H35F5OSi/c1-2-11-31-12-9-18(10-13-31)4-3-17-5-7-19(8-6-17)20-14-21(25)23(22(26)15-20)30-16-24(27,28)29/h14-15,17-19,31H,2-13,16H2,1H3/t17-,18?,19-,31?. The Bertz CT molecular complexity index is 669. The number of alkyl halides is 3. The van der Waals surface area contributed by atoms with Gasteiger partial charge in [0.2, 0.25) is 0 Å². The van der Waals surface area contributed by atoms with Gasteiger partial charge in [-0.15, -0.1) is 0 Å². The first-order chi connectivity index (χ1) is 14.7. The molecule has 0 N–H and O–H groups in total. The van der Waals surface area contributed by atoms with E-state index in [2.05, 4.69) is 11.7 Å². The highest BCUT2D eigenvalue weighted by atomic mass is 28.3. The van der Waals surface area contributed by atoms with Crippen molar-refractivity contribution in [2.24, 2.45) is 11.8 Å². The number of hydrogen-bond donors (Lipinski definition) is 0. The van der Waals surface area contributed by atoms with Crippen molar-refractivity contribution in [1.82, 2.24) is 0 Å². The zero-order chi connectivity index (χ0) is 22.4. The number of hydrogen-bond acceptors (Lipinski definition) is 1. The van der Waals surface area contributed by atoms with Gasteiger partial charge in [0.25, 0.3) is 0 Å². The van der Waals surface area contributed by atoms with Crippen molar-refractivity contribution < 1.29 is 26.7 Å². The van der Waals surface area contributed by atoms with Crippen LogP contribution in [0.15, 0.2) is 12.1 Å². The molecule has 1 saturated heterocycles. The molecule has 0 aromatic heterocycles. The number of rotatable bonds is 8. The van der Waals surface area contributed by atoms with Gasteiger partial charge < -0.3 is 4.74 Å². The molecule has 0 unspecified atom stereocenters. The lowest BCUT2D eigenvalue weighted by molar-refractivity contribution is -0.154. The molecule has 7 heteroatoms. The zero-order valence-corrected chi connectivity index (χ0v) is 19.6. The summed E-state index contributed by atoms with van der Waals surface area (Å²) in [5.41, 5.74) is 0.534. The van der Waals surface area contributed by atoms with Crippen LogP contribution in [0.4, 0.5) is 22.0 Å². The molecule has 0 bridgehead atoms. The van der Waals surface area contributed by atoms with Crippen molar-refractivity contribution in [1.29, 1.82) is 0 Å². The molecular formula is C24H35F5OSi. The summed E-state index contributed by atoms with van der Waals surface area (Å²) < 4.78 is 69.5. The van der Waals surface area contributed by atoms with Crippen molar-refractivity contribution in [2.75, 3.05) is 6.61 Å². The normalized spacial score (nSPS) is 27.3. The topological polar surface area (TPSA) is 9.23 Å². The molecular weight excluding hydrogens is 427 g/mol. The summed E-state index contributed by atoms with van der Waals surface area (Å²) in [6.45, 7) is 0.599. The van der Waals surface area contributed by atoms with Crippen LogP contribution in [0.5, 0.6) is 5.75 Å². The van der Waals surface area contributed by atoms with Crippen LogP contribution < -0.4 is 4.74 Å². The molecule has 2 fully saturated rings. The summed E-state index contributed by atoms with van der Waals surface area (Å²) in [7, 11) is -0.418. The Morgan fingerprint density at radius 3 is 1.97 bits per heavy atom. The Balaban J connectivity index is 1.44. The third kappa shape index (κ3) is 7.47. The Morgan fingerprint density at radius 2 is 1.45 bits per heavy atom. The summed E-state index contributed by atoms with van der Waals surface area (Å²) in [4.78, 5) is 0. The smallest absolute Gasteiger partial charge is 0.422 e. The van der Waals surface area contributed by atoms with E-state index in [-0.39, 0.29) is 5.92 Å². The minimum absolute atomic E-state index is 0.0624. The van der Waals surface area contributed by atoms with Gasteiger partial charge in [0.1, 0.15) is 0 Å². The highest BCUT2D eigenvalue weighted by Gasteiger charge is 2.31. The van der Waals surface area contributed by atoms with E-state index >= 15 is 0 Å². The molecule has 176 valence electrons. The second-order valence-corrected chi connectivity index (χ2v) is 13.2. The molecule has 1 aliphatic carbocycles. The first-order valence-corrected chi connectivity index (χ1v) is 14.4. The molecule has 1 heterocycles. The van der Waals surface area contributed by atoms with E-state index in [4.69, 9.17) is 0 Å². The maximum atomic E-state index is 14.2. The molecule has 0 spiro atoms. The lowest BCUT2D eigenvalue weighted by atomic mass is 9.76. The van der Waals surface area contributed by atoms with Crippen LogP contribution in [0.2, 0.25) is 18.1 Å². The Kier molecular flexibility index (Phi) is 8.82. The summed E-state index contributed by atoms with van der Waals surface area (Å²) in [6, 6.07) is 6.85. The van der Waals surface area contributed by atoms with Gasteiger partial charge in [0.05, 0.1) is 0 Å². The number of ether oxygens (including phenoxy) is 1. The quantitative estimate of drug-likeness (QED) is 0.281. The largest absolute Gasteiger partial charge is 0.478 e. The zero-order valence-electron chi connectivity index (χ0n) is 18.5. The summed E-state index contributed by atoms with van der Waals surface area (Å²) in [5, 5.41) is 0. The van der Waals surface area contributed by atoms with Gasteiger partial charge in [-0.1, -0.05) is 57.2 Å². The highest BCUT2D eigenvalue weighted by molar-refractivity contribution is 6.58. The van der Waals surface area contributed by atoms with Crippen LogP contribution in [-0.2, 0) is 0 Å². The van der Waals surface area contributed by atoms with Gasteiger partial charge in [-0.2, -0.15) is 13.2 Å². The lowest BCUT2D eigenvalue weighted by Crippen LogP contribution is -2.22. The molecule has 1 aromatic carbocycles. The van der Waals surface area contributed by atoms with E-state index in [9.17, 15) is 22.0 Å². The fourth-order valence-electron chi connectivity index (χ4n) is 5.58. The van der Waals surface area contributed by atoms with E-state index in [0.29, 0.717) is 11.5 Å². The molecule has 3 rings (SSSR count). The second-order valence-electron chi connectivity index (χ2n) is 9.69. The molecule has 1 saturated carbocycles. The van der Waals surface area contributed by atoms with E-state index < -0.39 is 39.0 Å². The van der Waals surface area contributed by atoms with E-state index in [1.165, 1.54) is 50.2 Å². The predicted octanol–water partition coefficient (Wildman–Crippen LogP) is 8.01. The van der Waals surface area contributed by atoms with Crippen molar-refractivity contribution in [3.63, 3.8) is 0 Å². The first kappa shape index (κ1) is 24.5. The molecule has 0 radical (unpaired) electrons. The Morgan fingerprint density at radius 1 is 0.903 bits per heavy atom. The van der Waals surface area contributed by atoms with Gasteiger partial charge >= 0.3 is 6.18 Å². The molecule has 1 aliphatic heterocycles. The highest BCUT2D eigenvalue weighted by Crippen LogP contribution is 2.41. The van der Waals surface area contributed by atoms with E-state index in [1.54, 1.807) is 0 Å². The fraction of sp³-hybridized carbons (Fsp3) is 0.750. The fourth-order valence-corrected chi connectivity index (χ4v) is 9.15. The SMILES string of the molecule is CCC[SiH]1CCC(CC[C@H]2CC[C@H](c3cc(F)c(OCC(F)(F)F)c(F)c3)CC2)CC1. The van der Waals surface area contributed by atoms with Gasteiger partial charge in [-0.05, 0) is 61.1 Å². The van der Waals surface area contributed by atoms with Crippen molar-refractivity contribution in [3.8, 4) is 5.75 Å². The first-order valence-electron chi connectivity index (χ1n) is 11.9. The van der Waals surface area contributed by atoms with E-state index in [1.807, 2.05) is 0 Å². The summed E-state index contributed by atoms with van der Waals surface area (Å²) in [5.74, 6) is -1.40. The molecule has 1 nitrogen and oxygen atoms in total. The lowest BCUT2D eigenvalue weighted by Gasteiger charge is -2.32. The van der Waals surface area contributed by atoms with Gasteiger partial charge in [-0.25, -0.2) is 8.78 Å². The van der Waals surface area contributed by atoms with Crippen LogP contribution in [0, 0.1) is 23.5 Å². The van der Waals surface area contributed by atoms with Crippen molar-refractivity contribution in [3.05, 3.63) is 29.3 Å². The molecule has 1 aromatic rings. The Labute approximate surface area is 184 Å². The maximum absolute atomic E-state index is 14.2. The molecule has 0 atom stereocenters. The second kappa shape index (κ2) is 11.1. The van der Waals surface area contributed by atoms with Crippen LogP contribution in [0.25, 0.3) is 0 Å². The van der Waals surface area contributed by atoms with E-state index in [0.717, 1.165) is 43.7 Å². The minimum Gasteiger partial charge on any atom is -0.478 e.